The van der Waals surface area contributed by atoms with Gasteiger partial charge in [0.1, 0.15) is 5.39 Å². The number of aromatic amines is 1. The lowest BCUT2D eigenvalue weighted by atomic mass is 10.2. The normalized spacial score (nSPS) is 10.8. The molecule has 0 amide bonds. The van der Waals surface area contributed by atoms with Crippen molar-refractivity contribution in [1.29, 1.82) is 0 Å². The van der Waals surface area contributed by atoms with Gasteiger partial charge in [-0.25, -0.2) is 9.36 Å². The number of aromatic nitrogens is 2. The van der Waals surface area contributed by atoms with E-state index in [2.05, 4.69) is 4.98 Å². The first-order chi connectivity index (χ1) is 10.5. The first-order valence-corrected chi connectivity index (χ1v) is 6.55. The average Bonchev–Trinajstić information content (AvgIpc) is 2.46. The lowest BCUT2D eigenvalue weighted by molar-refractivity contribution is -0.383. The minimum atomic E-state index is -0.770. The van der Waals surface area contributed by atoms with Crippen LogP contribution < -0.4 is 11.2 Å². The predicted molar refractivity (Wildman–Crippen MR) is 81.8 cm³/mol. The second-order valence-electron chi connectivity index (χ2n) is 4.51. The number of nitrogens with one attached hydrogen (secondary N) is 1. The second-order valence-corrected chi connectivity index (χ2v) is 4.94. The smallest absolute Gasteiger partial charge is 0.306 e. The van der Waals surface area contributed by atoms with Crippen molar-refractivity contribution in [1.82, 2.24) is 9.55 Å². The van der Waals surface area contributed by atoms with Crippen LogP contribution in [0.1, 0.15) is 0 Å². The van der Waals surface area contributed by atoms with E-state index in [1.165, 1.54) is 30.3 Å². The Balaban J connectivity index is 2.47. The highest BCUT2D eigenvalue weighted by atomic mass is 35.5. The Hall–Kier alpha value is -2.93. The van der Waals surface area contributed by atoms with Crippen LogP contribution in [0.15, 0.2) is 52.1 Å². The van der Waals surface area contributed by atoms with Gasteiger partial charge in [-0.15, -0.1) is 0 Å². The van der Waals surface area contributed by atoms with Gasteiger partial charge in [-0.05, 0) is 24.3 Å². The number of benzene rings is 2. The predicted octanol–water partition coefficient (Wildman–Crippen LogP) is 2.24. The van der Waals surface area contributed by atoms with Crippen LogP contribution in [-0.4, -0.2) is 14.5 Å². The molecule has 0 aliphatic rings. The Labute approximate surface area is 127 Å². The van der Waals surface area contributed by atoms with E-state index in [0.717, 1.165) is 4.57 Å². The van der Waals surface area contributed by atoms with Gasteiger partial charge in [0, 0.05) is 11.1 Å². The first-order valence-electron chi connectivity index (χ1n) is 6.17. The molecule has 1 N–H and O–H groups in total. The van der Waals surface area contributed by atoms with Crippen LogP contribution in [0.3, 0.4) is 0 Å². The molecule has 7 nitrogen and oxygen atoms in total. The van der Waals surface area contributed by atoms with Gasteiger partial charge in [0.25, 0.3) is 11.2 Å². The van der Waals surface area contributed by atoms with Gasteiger partial charge >= 0.3 is 5.69 Å². The minimum absolute atomic E-state index is 0.113. The Bertz CT molecular complexity index is 1020. The quantitative estimate of drug-likeness (QED) is 0.579. The average molecular weight is 318 g/mol. The van der Waals surface area contributed by atoms with Gasteiger partial charge < -0.3 is 4.98 Å². The molecule has 1 aromatic heterocycles. The molecule has 0 saturated heterocycles. The van der Waals surface area contributed by atoms with Gasteiger partial charge in [-0.3, -0.25) is 14.9 Å². The standard InChI is InChI=1S/C14H8ClN3O4/c15-8-3-1-4-9(7-8)17-13(19)12-10(16-14(17)20)5-2-6-11(12)18(21)22/h1-7H,(H,16,20). The van der Waals surface area contributed by atoms with E-state index < -0.39 is 16.2 Å². The summed E-state index contributed by atoms with van der Waals surface area (Å²) in [6.07, 6.45) is 0. The third kappa shape index (κ3) is 2.17. The van der Waals surface area contributed by atoms with Crippen molar-refractivity contribution in [3.8, 4) is 5.69 Å². The Kier molecular flexibility index (Phi) is 3.26. The second kappa shape index (κ2) is 5.12. The van der Waals surface area contributed by atoms with Gasteiger partial charge in [0.15, 0.2) is 0 Å². The molecule has 0 atom stereocenters. The lowest BCUT2D eigenvalue weighted by Crippen LogP contribution is -2.33. The van der Waals surface area contributed by atoms with Crippen molar-refractivity contribution >= 4 is 28.2 Å². The Morgan fingerprint density at radius 1 is 1.14 bits per heavy atom. The first kappa shape index (κ1) is 14.0. The van der Waals surface area contributed by atoms with Gasteiger partial charge in [-0.2, -0.15) is 0 Å². The van der Waals surface area contributed by atoms with Crippen LogP contribution in [0.5, 0.6) is 0 Å². The van der Waals surface area contributed by atoms with Crippen molar-refractivity contribution in [2.24, 2.45) is 0 Å². The summed E-state index contributed by atoms with van der Waals surface area (Å²) in [7, 11) is 0. The molecule has 0 fully saturated rings. The molecule has 110 valence electrons. The molecule has 0 radical (unpaired) electrons. The maximum Gasteiger partial charge on any atom is 0.333 e. The number of halogens is 1. The number of hydrogen-bond acceptors (Lipinski definition) is 4. The SMILES string of the molecule is O=c1[nH]c2cccc([N+](=O)[O-])c2c(=O)n1-c1cccc(Cl)c1. The van der Waals surface area contributed by atoms with Crippen LogP contribution in [-0.2, 0) is 0 Å². The van der Waals surface area contributed by atoms with Crippen molar-refractivity contribution in [2.45, 2.75) is 0 Å². The molecule has 2 aromatic carbocycles. The van der Waals surface area contributed by atoms with E-state index >= 15 is 0 Å². The van der Waals surface area contributed by atoms with Crippen LogP contribution in [0, 0.1) is 10.1 Å². The summed E-state index contributed by atoms with van der Waals surface area (Å²) in [5.74, 6) is 0. The number of nitro groups is 1. The highest BCUT2D eigenvalue weighted by molar-refractivity contribution is 6.30. The van der Waals surface area contributed by atoms with E-state index in [9.17, 15) is 19.7 Å². The van der Waals surface area contributed by atoms with Crippen molar-refractivity contribution in [2.75, 3.05) is 0 Å². The summed E-state index contributed by atoms with van der Waals surface area (Å²) in [5.41, 5.74) is -1.48. The maximum atomic E-state index is 12.6. The van der Waals surface area contributed by atoms with Crippen molar-refractivity contribution in [3.05, 3.63) is 78.4 Å². The molecular weight excluding hydrogens is 310 g/mol. The molecular formula is C14H8ClN3O4. The topological polar surface area (TPSA) is 98.0 Å². The summed E-state index contributed by atoms with van der Waals surface area (Å²) < 4.78 is 0.821. The number of H-pyrrole nitrogens is 1. The van der Waals surface area contributed by atoms with Crippen LogP contribution in [0.25, 0.3) is 16.6 Å². The molecule has 0 aliphatic heterocycles. The monoisotopic (exact) mass is 317 g/mol. The fraction of sp³-hybridized carbons (Fsp3) is 0. The zero-order valence-electron chi connectivity index (χ0n) is 10.9. The summed E-state index contributed by atoms with van der Waals surface area (Å²) in [6.45, 7) is 0. The fourth-order valence-corrected chi connectivity index (χ4v) is 2.43. The number of nitro benzene ring substituents is 1. The molecule has 0 aliphatic carbocycles. The number of rotatable bonds is 2. The van der Waals surface area contributed by atoms with Crippen LogP contribution >= 0.6 is 11.6 Å². The number of fused-ring (bicyclic) bond motifs is 1. The molecule has 22 heavy (non-hydrogen) atoms. The minimum Gasteiger partial charge on any atom is -0.306 e. The van der Waals surface area contributed by atoms with Gasteiger partial charge in [-0.1, -0.05) is 23.7 Å². The molecule has 1 heterocycles. The summed E-state index contributed by atoms with van der Waals surface area (Å²) in [4.78, 5) is 37.6. The highest BCUT2D eigenvalue weighted by Crippen LogP contribution is 2.20. The summed E-state index contributed by atoms with van der Waals surface area (Å²) in [6, 6.07) is 10.2. The van der Waals surface area contributed by atoms with Crippen LogP contribution in [0.2, 0.25) is 5.02 Å². The number of hydrogen-bond donors (Lipinski definition) is 1. The van der Waals surface area contributed by atoms with E-state index in [0.29, 0.717) is 5.02 Å². The number of non-ortho nitro benzene ring substituents is 1. The molecule has 8 heteroatoms. The molecule has 0 bridgehead atoms. The van der Waals surface area contributed by atoms with Gasteiger partial charge in [0.2, 0.25) is 0 Å². The number of nitrogens with zero attached hydrogens (tertiary/aromatic N) is 2. The molecule has 0 spiro atoms. The van der Waals surface area contributed by atoms with E-state index in [1.54, 1.807) is 12.1 Å². The Morgan fingerprint density at radius 3 is 2.55 bits per heavy atom. The largest absolute Gasteiger partial charge is 0.333 e. The molecule has 0 unspecified atom stereocenters. The van der Waals surface area contributed by atoms with Crippen LogP contribution in [0.4, 0.5) is 5.69 Å². The Morgan fingerprint density at radius 2 is 1.86 bits per heavy atom. The van der Waals surface area contributed by atoms with Crippen molar-refractivity contribution in [3.63, 3.8) is 0 Å². The van der Waals surface area contributed by atoms with E-state index in [-0.39, 0.29) is 22.3 Å². The highest BCUT2D eigenvalue weighted by Gasteiger charge is 2.19. The maximum absolute atomic E-state index is 12.6. The third-order valence-corrected chi connectivity index (χ3v) is 3.40. The fourth-order valence-electron chi connectivity index (χ4n) is 2.25. The third-order valence-electron chi connectivity index (χ3n) is 3.17. The van der Waals surface area contributed by atoms with Crippen molar-refractivity contribution < 1.29 is 4.92 Å². The van der Waals surface area contributed by atoms with E-state index in [4.69, 9.17) is 11.6 Å². The molecule has 3 rings (SSSR count). The zero-order chi connectivity index (χ0) is 15.9. The molecule has 3 aromatic rings. The summed E-state index contributed by atoms with van der Waals surface area (Å²) in [5, 5.41) is 11.3. The van der Waals surface area contributed by atoms with E-state index in [1.807, 2.05) is 0 Å². The lowest BCUT2D eigenvalue weighted by Gasteiger charge is -2.07. The summed E-state index contributed by atoms with van der Waals surface area (Å²) >= 11 is 5.86. The molecule has 0 saturated carbocycles. The van der Waals surface area contributed by atoms with Gasteiger partial charge in [0.05, 0.1) is 16.1 Å². The zero-order valence-corrected chi connectivity index (χ0v) is 11.7.